The molecule has 2 aromatic rings. The Morgan fingerprint density at radius 1 is 1.16 bits per heavy atom. The van der Waals surface area contributed by atoms with Crippen molar-refractivity contribution in [3.63, 3.8) is 0 Å². The molecule has 1 aromatic carbocycles. The summed E-state index contributed by atoms with van der Waals surface area (Å²) in [6.45, 7) is 1.83. The van der Waals surface area contributed by atoms with Crippen molar-refractivity contribution in [2.75, 3.05) is 19.6 Å². The second kappa shape index (κ2) is 8.43. The van der Waals surface area contributed by atoms with Crippen molar-refractivity contribution in [1.82, 2.24) is 15.2 Å². The quantitative estimate of drug-likeness (QED) is 0.860. The van der Waals surface area contributed by atoms with Crippen LogP contribution in [0.4, 0.5) is 0 Å². The molecule has 0 bridgehead atoms. The Morgan fingerprint density at radius 3 is 2.40 bits per heavy atom. The van der Waals surface area contributed by atoms with E-state index in [1.807, 2.05) is 36.4 Å². The standard InChI is InChI=1S/C19H22ClN3O2/c20-16-3-1-14(2-4-16)19(15-5-9-21-10-6-15)22-18(25)13-23-11-7-17(24)8-12-23/h1-6,9-10,17,19,24H,7-8,11-13H2,(H,22,25)/t19-/m1/s1. The minimum Gasteiger partial charge on any atom is -0.393 e. The van der Waals surface area contributed by atoms with E-state index in [4.69, 9.17) is 11.6 Å². The molecule has 25 heavy (non-hydrogen) atoms. The molecule has 3 rings (SSSR count). The number of amides is 1. The highest BCUT2D eigenvalue weighted by Gasteiger charge is 2.21. The van der Waals surface area contributed by atoms with Gasteiger partial charge < -0.3 is 10.4 Å². The Hall–Kier alpha value is -1.95. The zero-order chi connectivity index (χ0) is 17.6. The van der Waals surface area contributed by atoms with Crippen LogP contribution in [0.25, 0.3) is 0 Å². The number of benzene rings is 1. The summed E-state index contributed by atoms with van der Waals surface area (Å²) in [6, 6.07) is 11.0. The van der Waals surface area contributed by atoms with Crippen LogP contribution in [0.1, 0.15) is 30.0 Å². The second-order valence-electron chi connectivity index (χ2n) is 6.34. The zero-order valence-electron chi connectivity index (χ0n) is 13.9. The van der Waals surface area contributed by atoms with E-state index in [1.165, 1.54) is 0 Å². The number of pyridine rings is 1. The van der Waals surface area contributed by atoms with Crippen LogP contribution in [0.5, 0.6) is 0 Å². The van der Waals surface area contributed by atoms with Crippen LogP contribution in [0.15, 0.2) is 48.8 Å². The lowest BCUT2D eigenvalue weighted by Crippen LogP contribution is -2.43. The summed E-state index contributed by atoms with van der Waals surface area (Å²) in [4.78, 5) is 18.7. The van der Waals surface area contributed by atoms with E-state index >= 15 is 0 Å². The molecule has 1 aliphatic heterocycles. The summed E-state index contributed by atoms with van der Waals surface area (Å²) >= 11 is 5.98. The topological polar surface area (TPSA) is 65.5 Å². The maximum Gasteiger partial charge on any atom is 0.234 e. The molecule has 1 atom stereocenters. The number of nitrogens with one attached hydrogen (secondary N) is 1. The Balaban J connectivity index is 1.71. The summed E-state index contributed by atoms with van der Waals surface area (Å²) in [5.74, 6) is -0.0341. The van der Waals surface area contributed by atoms with E-state index in [-0.39, 0.29) is 18.1 Å². The predicted octanol–water partition coefficient (Wildman–Crippen LogP) is 2.40. The fraction of sp³-hybridized carbons (Fsp3) is 0.368. The number of hydrogen-bond donors (Lipinski definition) is 2. The number of halogens is 1. The number of carbonyl (C=O) groups is 1. The van der Waals surface area contributed by atoms with Crippen molar-refractivity contribution < 1.29 is 9.90 Å². The van der Waals surface area contributed by atoms with E-state index in [9.17, 15) is 9.90 Å². The van der Waals surface area contributed by atoms with Crippen LogP contribution in [0.2, 0.25) is 5.02 Å². The van der Waals surface area contributed by atoms with Crippen LogP contribution in [0.3, 0.4) is 0 Å². The number of aromatic nitrogens is 1. The van der Waals surface area contributed by atoms with Gasteiger partial charge in [-0.1, -0.05) is 23.7 Å². The van der Waals surface area contributed by atoms with Crippen LogP contribution >= 0.6 is 11.6 Å². The van der Waals surface area contributed by atoms with E-state index in [0.29, 0.717) is 11.6 Å². The molecule has 5 nitrogen and oxygen atoms in total. The highest BCUT2D eigenvalue weighted by atomic mass is 35.5. The first-order valence-electron chi connectivity index (χ1n) is 8.47. The number of aliphatic hydroxyl groups is 1. The molecule has 6 heteroatoms. The maximum absolute atomic E-state index is 12.6. The molecule has 1 saturated heterocycles. The van der Waals surface area contributed by atoms with Crippen molar-refractivity contribution in [1.29, 1.82) is 0 Å². The van der Waals surface area contributed by atoms with Gasteiger partial charge in [0.2, 0.25) is 5.91 Å². The molecule has 0 spiro atoms. The lowest BCUT2D eigenvalue weighted by molar-refractivity contribution is -0.123. The fourth-order valence-electron chi connectivity index (χ4n) is 3.06. The van der Waals surface area contributed by atoms with Gasteiger partial charge in [0.05, 0.1) is 18.7 Å². The molecular formula is C19H22ClN3O2. The lowest BCUT2D eigenvalue weighted by atomic mass is 9.99. The Labute approximate surface area is 152 Å². The van der Waals surface area contributed by atoms with Gasteiger partial charge in [0.25, 0.3) is 0 Å². The molecule has 1 amide bonds. The second-order valence-corrected chi connectivity index (χ2v) is 6.78. The van der Waals surface area contributed by atoms with Crippen LogP contribution < -0.4 is 5.32 Å². The number of carbonyl (C=O) groups excluding carboxylic acids is 1. The van der Waals surface area contributed by atoms with E-state index in [1.54, 1.807) is 12.4 Å². The third kappa shape index (κ3) is 5.01. The van der Waals surface area contributed by atoms with Crippen molar-refractivity contribution >= 4 is 17.5 Å². The molecule has 1 aliphatic rings. The summed E-state index contributed by atoms with van der Waals surface area (Å²) in [7, 11) is 0. The predicted molar refractivity (Wildman–Crippen MR) is 97.4 cm³/mol. The molecule has 1 fully saturated rings. The summed E-state index contributed by atoms with van der Waals surface area (Å²) in [5.41, 5.74) is 1.94. The molecule has 132 valence electrons. The van der Waals surface area contributed by atoms with Crippen LogP contribution in [-0.2, 0) is 4.79 Å². The lowest BCUT2D eigenvalue weighted by Gasteiger charge is -2.29. The van der Waals surface area contributed by atoms with Gasteiger partial charge in [-0.05, 0) is 48.2 Å². The molecule has 0 radical (unpaired) electrons. The Kier molecular flexibility index (Phi) is 6.02. The van der Waals surface area contributed by atoms with Gasteiger partial charge in [0.15, 0.2) is 0 Å². The van der Waals surface area contributed by atoms with E-state index < -0.39 is 0 Å². The normalized spacial score (nSPS) is 17.2. The maximum atomic E-state index is 12.6. The van der Waals surface area contributed by atoms with Gasteiger partial charge in [0, 0.05) is 30.5 Å². The number of likely N-dealkylation sites (tertiary alicyclic amines) is 1. The first kappa shape index (κ1) is 17.9. The number of aliphatic hydroxyl groups excluding tert-OH is 1. The molecule has 0 unspecified atom stereocenters. The fourth-order valence-corrected chi connectivity index (χ4v) is 3.18. The minimum absolute atomic E-state index is 0.0341. The van der Waals surface area contributed by atoms with E-state index in [0.717, 1.165) is 37.1 Å². The number of rotatable bonds is 5. The largest absolute Gasteiger partial charge is 0.393 e. The van der Waals surface area contributed by atoms with Gasteiger partial charge in [-0.2, -0.15) is 0 Å². The highest BCUT2D eigenvalue weighted by Crippen LogP contribution is 2.23. The number of piperidine rings is 1. The first-order valence-corrected chi connectivity index (χ1v) is 8.85. The van der Waals surface area contributed by atoms with Crippen molar-refractivity contribution in [3.8, 4) is 0 Å². The van der Waals surface area contributed by atoms with E-state index in [2.05, 4.69) is 15.2 Å². The van der Waals surface area contributed by atoms with Crippen molar-refractivity contribution in [2.24, 2.45) is 0 Å². The molecule has 1 aromatic heterocycles. The summed E-state index contributed by atoms with van der Waals surface area (Å²) in [5, 5.41) is 13.4. The van der Waals surface area contributed by atoms with Crippen LogP contribution in [-0.4, -0.2) is 46.6 Å². The molecular weight excluding hydrogens is 338 g/mol. The number of hydrogen-bond acceptors (Lipinski definition) is 4. The SMILES string of the molecule is O=C(CN1CCC(O)CC1)N[C@@H](c1ccncc1)c1ccc(Cl)cc1. The average Bonchev–Trinajstić information content (AvgIpc) is 2.63. The van der Waals surface area contributed by atoms with Gasteiger partial charge in [0.1, 0.15) is 0 Å². The van der Waals surface area contributed by atoms with Gasteiger partial charge >= 0.3 is 0 Å². The summed E-state index contributed by atoms with van der Waals surface area (Å²) < 4.78 is 0. The molecule has 2 heterocycles. The third-order valence-corrected chi connectivity index (χ3v) is 4.72. The summed E-state index contributed by atoms with van der Waals surface area (Å²) in [6.07, 6.45) is 4.64. The monoisotopic (exact) mass is 359 g/mol. The smallest absolute Gasteiger partial charge is 0.234 e. The van der Waals surface area contributed by atoms with Crippen molar-refractivity contribution in [3.05, 3.63) is 64.9 Å². The van der Waals surface area contributed by atoms with Gasteiger partial charge in [-0.25, -0.2) is 0 Å². The molecule has 2 N–H and O–H groups in total. The Bertz CT molecular complexity index is 686. The minimum atomic E-state index is -0.247. The van der Waals surface area contributed by atoms with Gasteiger partial charge in [-0.3, -0.25) is 14.7 Å². The van der Waals surface area contributed by atoms with Crippen LogP contribution in [0, 0.1) is 0 Å². The highest BCUT2D eigenvalue weighted by molar-refractivity contribution is 6.30. The third-order valence-electron chi connectivity index (χ3n) is 4.47. The first-order chi connectivity index (χ1) is 12.1. The molecule has 0 saturated carbocycles. The van der Waals surface area contributed by atoms with Gasteiger partial charge in [-0.15, -0.1) is 0 Å². The number of nitrogens with zero attached hydrogens (tertiary/aromatic N) is 2. The van der Waals surface area contributed by atoms with Crippen molar-refractivity contribution in [2.45, 2.75) is 25.0 Å². The zero-order valence-corrected chi connectivity index (χ0v) is 14.7. The Morgan fingerprint density at radius 2 is 1.76 bits per heavy atom. The molecule has 0 aliphatic carbocycles. The average molecular weight is 360 g/mol.